The summed E-state index contributed by atoms with van der Waals surface area (Å²) in [6.07, 6.45) is -4.80. The first-order valence-electron chi connectivity index (χ1n) is 7.82. The molecular weight excluding hydrogens is 365 g/mol. The van der Waals surface area contributed by atoms with E-state index in [4.69, 9.17) is 0 Å². The van der Waals surface area contributed by atoms with E-state index in [1.54, 1.807) is 0 Å². The van der Waals surface area contributed by atoms with Gasteiger partial charge in [0.2, 0.25) is 0 Å². The van der Waals surface area contributed by atoms with Crippen LogP contribution in [0.5, 0.6) is 0 Å². The first-order valence-corrected chi connectivity index (χ1v) is 8.64. The van der Waals surface area contributed by atoms with Crippen LogP contribution in [-0.2, 0) is 6.18 Å². The Morgan fingerprint density at radius 3 is 2.35 bits per heavy atom. The van der Waals surface area contributed by atoms with Gasteiger partial charge in [-0.25, -0.2) is 0 Å². The zero-order valence-electron chi connectivity index (χ0n) is 13.9. The second-order valence-electron chi connectivity index (χ2n) is 6.11. The van der Waals surface area contributed by atoms with Crippen molar-refractivity contribution in [3.8, 4) is 0 Å². The van der Waals surface area contributed by atoms with Crippen molar-refractivity contribution < 1.29 is 18.1 Å². The van der Waals surface area contributed by atoms with Crippen molar-refractivity contribution in [1.82, 2.24) is 4.98 Å². The summed E-state index contributed by atoms with van der Waals surface area (Å²) in [6, 6.07) is 11.2. The van der Waals surface area contributed by atoms with Gasteiger partial charge in [0, 0.05) is 32.5 Å². The molecule has 0 aliphatic heterocycles. The highest BCUT2D eigenvalue weighted by Gasteiger charge is 2.39. The number of halogens is 3. The van der Waals surface area contributed by atoms with E-state index in [9.17, 15) is 23.3 Å². The number of aromatic amines is 1. The molecule has 8 heteroatoms. The number of alkyl halides is 3. The third-order valence-corrected chi connectivity index (χ3v) is 5.09. The van der Waals surface area contributed by atoms with Gasteiger partial charge in [0.25, 0.3) is 5.69 Å². The van der Waals surface area contributed by atoms with E-state index in [1.165, 1.54) is 11.8 Å². The lowest BCUT2D eigenvalue weighted by Crippen LogP contribution is -2.08. The smallest absolute Gasteiger partial charge is 0.357 e. The molecule has 0 bridgehead atoms. The molecule has 0 spiro atoms. The minimum absolute atomic E-state index is 0.0157. The number of nitro groups is 1. The van der Waals surface area contributed by atoms with E-state index in [1.807, 2.05) is 44.2 Å². The zero-order chi connectivity index (χ0) is 19.1. The van der Waals surface area contributed by atoms with Crippen LogP contribution in [0.3, 0.4) is 0 Å². The van der Waals surface area contributed by atoms with Crippen LogP contribution in [0, 0.1) is 10.1 Å². The average molecular weight is 380 g/mol. The fourth-order valence-electron chi connectivity index (χ4n) is 2.73. The quantitative estimate of drug-likeness (QED) is 0.423. The van der Waals surface area contributed by atoms with E-state index in [0.717, 1.165) is 22.7 Å². The van der Waals surface area contributed by atoms with Gasteiger partial charge in [0.05, 0.1) is 4.92 Å². The summed E-state index contributed by atoms with van der Waals surface area (Å²) in [5, 5.41) is 11.6. The molecule has 2 aromatic carbocycles. The van der Waals surface area contributed by atoms with Crippen molar-refractivity contribution in [2.75, 3.05) is 0 Å². The van der Waals surface area contributed by atoms with Gasteiger partial charge in [-0.05, 0) is 24.1 Å². The summed E-state index contributed by atoms with van der Waals surface area (Å²) in [5.74, 6) is 0.0157. The van der Waals surface area contributed by atoms with E-state index in [2.05, 4.69) is 4.98 Å². The minimum atomic E-state index is -4.80. The Kier molecular flexibility index (Phi) is 4.70. The normalized spacial score (nSPS) is 12.1. The Balaban J connectivity index is 2.27. The van der Waals surface area contributed by atoms with Gasteiger partial charge < -0.3 is 4.98 Å². The monoisotopic (exact) mass is 380 g/mol. The lowest BCUT2D eigenvalue weighted by atomic mass is 10.1. The number of H-pyrrole nitrogens is 1. The fourth-order valence-corrected chi connectivity index (χ4v) is 3.93. The standard InChI is InChI=1S/C18H15F3N2O2S/c1-10(2)16-17(26-11-6-4-3-5-7-11)12-8-15(23(24)25)13(18(19,20)21)9-14(12)22-16/h3-10,22H,1-2H3. The van der Waals surface area contributed by atoms with Gasteiger partial charge >= 0.3 is 6.18 Å². The Hall–Kier alpha value is -2.48. The number of hydrogen-bond acceptors (Lipinski definition) is 3. The third kappa shape index (κ3) is 3.41. The fraction of sp³-hybridized carbons (Fsp3) is 0.222. The largest absolute Gasteiger partial charge is 0.423 e. The molecule has 0 fully saturated rings. The maximum absolute atomic E-state index is 13.2. The average Bonchev–Trinajstić information content (AvgIpc) is 2.92. The van der Waals surface area contributed by atoms with E-state index in [0.29, 0.717) is 10.3 Å². The molecule has 0 aliphatic rings. The van der Waals surface area contributed by atoms with Crippen molar-refractivity contribution in [1.29, 1.82) is 0 Å². The Labute approximate surface area is 151 Å². The summed E-state index contributed by atoms with van der Waals surface area (Å²) >= 11 is 1.38. The van der Waals surface area contributed by atoms with Crippen LogP contribution in [-0.4, -0.2) is 9.91 Å². The number of nitrogens with zero attached hydrogens (tertiary/aromatic N) is 1. The molecule has 136 valence electrons. The van der Waals surface area contributed by atoms with E-state index in [-0.39, 0.29) is 11.4 Å². The summed E-state index contributed by atoms with van der Waals surface area (Å²) < 4.78 is 39.7. The molecule has 3 rings (SSSR count). The molecule has 0 radical (unpaired) electrons. The minimum Gasteiger partial charge on any atom is -0.357 e. The van der Waals surface area contributed by atoms with E-state index < -0.39 is 22.4 Å². The molecule has 0 saturated heterocycles. The first-order chi connectivity index (χ1) is 12.2. The molecule has 1 N–H and O–H groups in total. The van der Waals surface area contributed by atoms with Crippen LogP contribution >= 0.6 is 11.8 Å². The van der Waals surface area contributed by atoms with Crippen molar-refractivity contribution in [2.45, 2.75) is 35.7 Å². The predicted octanol–water partition coefficient (Wildman–Crippen LogP) is 6.37. The van der Waals surface area contributed by atoms with Crippen LogP contribution < -0.4 is 0 Å². The van der Waals surface area contributed by atoms with Gasteiger partial charge in [0.15, 0.2) is 0 Å². The maximum Gasteiger partial charge on any atom is 0.423 e. The van der Waals surface area contributed by atoms with Gasteiger partial charge in [-0.1, -0.05) is 43.8 Å². The number of rotatable bonds is 4. The molecule has 0 saturated carbocycles. The van der Waals surface area contributed by atoms with Crippen LogP contribution in [0.25, 0.3) is 10.9 Å². The number of aromatic nitrogens is 1. The molecule has 0 amide bonds. The van der Waals surface area contributed by atoms with Gasteiger partial charge in [-0.2, -0.15) is 13.2 Å². The maximum atomic E-state index is 13.2. The second kappa shape index (κ2) is 6.68. The molecule has 3 aromatic rings. The molecule has 0 atom stereocenters. The summed E-state index contributed by atoms with van der Waals surface area (Å²) in [4.78, 5) is 14.9. The van der Waals surface area contributed by atoms with Gasteiger partial charge in [0.1, 0.15) is 5.56 Å². The van der Waals surface area contributed by atoms with Crippen LogP contribution in [0.1, 0.15) is 31.0 Å². The van der Waals surface area contributed by atoms with Crippen molar-refractivity contribution in [2.24, 2.45) is 0 Å². The molecule has 4 nitrogen and oxygen atoms in total. The molecule has 1 heterocycles. The highest BCUT2D eigenvalue weighted by Crippen LogP contribution is 2.44. The zero-order valence-corrected chi connectivity index (χ0v) is 14.7. The molecule has 0 aliphatic carbocycles. The Morgan fingerprint density at radius 2 is 1.81 bits per heavy atom. The third-order valence-electron chi connectivity index (χ3n) is 3.94. The molecule has 0 unspecified atom stereocenters. The summed E-state index contributed by atoms with van der Waals surface area (Å²) in [5.41, 5.74) is -1.19. The highest BCUT2D eigenvalue weighted by molar-refractivity contribution is 7.99. The number of benzene rings is 2. The number of nitrogens with one attached hydrogen (secondary N) is 1. The molecule has 1 aromatic heterocycles. The topological polar surface area (TPSA) is 58.9 Å². The lowest BCUT2D eigenvalue weighted by Gasteiger charge is -2.09. The van der Waals surface area contributed by atoms with Gasteiger partial charge in [-0.3, -0.25) is 10.1 Å². The Bertz CT molecular complexity index is 966. The highest BCUT2D eigenvalue weighted by atomic mass is 32.2. The number of hydrogen-bond donors (Lipinski definition) is 1. The van der Waals surface area contributed by atoms with Crippen molar-refractivity contribution in [3.63, 3.8) is 0 Å². The van der Waals surface area contributed by atoms with Crippen LogP contribution in [0.2, 0.25) is 0 Å². The SMILES string of the molecule is CC(C)c1[nH]c2cc(C(F)(F)F)c([N+](=O)[O-])cc2c1Sc1ccccc1. The second-order valence-corrected chi connectivity index (χ2v) is 7.19. The predicted molar refractivity (Wildman–Crippen MR) is 94.6 cm³/mol. The summed E-state index contributed by atoms with van der Waals surface area (Å²) in [6.45, 7) is 3.83. The molecular formula is C18H15F3N2O2S. The van der Waals surface area contributed by atoms with Gasteiger partial charge in [-0.15, -0.1) is 0 Å². The lowest BCUT2D eigenvalue weighted by molar-refractivity contribution is -0.387. The van der Waals surface area contributed by atoms with Crippen LogP contribution in [0.4, 0.5) is 18.9 Å². The number of nitro benzene ring substituents is 1. The Morgan fingerprint density at radius 1 is 1.15 bits per heavy atom. The first kappa shape index (κ1) is 18.3. The van der Waals surface area contributed by atoms with Crippen LogP contribution in [0.15, 0.2) is 52.3 Å². The molecule has 26 heavy (non-hydrogen) atoms. The summed E-state index contributed by atoms with van der Waals surface area (Å²) in [7, 11) is 0. The van der Waals surface area contributed by atoms with Crippen molar-refractivity contribution in [3.05, 3.63) is 63.8 Å². The van der Waals surface area contributed by atoms with Crippen molar-refractivity contribution >= 4 is 28.4 Å². The number of fused-ring (bicyclic) bond motifs is 1. The van der Waals surface area contributed by atoms with E-state index >= 15 is 0 Å².